The van der Waals surface area contributed by atoms with Gasteiger partial charge < -0.3 is 10.2 Å². The van der Waals surface area contributed by atoms with Gasteiger partial charge in [0.15, 0.2) is 0 Å². The molecule has 1 heterocycles. The summed E-state index contributed by atoms with van der Waals surface area (Å²) in [5.41, 5.74) is 2.51. The zero-order valence-electron chi connectivity index (χ0n) is 14.4. The predicted octanol–water partition coefficient (Wildman–Crippen LogP) is 3.72. The summed E-state index contributed by atoms with van der Waals surface area (Å²) in [7, 11) is 2.16. The fourth-order valence-electron chi connectivity index (χ4n) is 2.13. The lowest BCUT2D eigenvalue weighted by Crippen LogP contribution is -2.30. The Morgan fingerprint density at radius 2 is 2.00 bits per heavy atom. The van der Waals surface area contributed by atoms with Crippen LogP contribution in [0.4, 0.5) is 5.82 Å². The first-order chi connectivity index (χ1) is 9.97. The number of thioether (sulfide) groups is 1. The van der Waals surface area contributed by atoms with Gasteiger partial charge in [-0.2, -0.15) is 11.8 Å². The van der Waals surface area contributed by atoms with Gasteiger partial charge in [-0.3, -0.25) is 0 Å². The molecule has 4 heteroatoms. The van der Waals surface area contributed by atoms with E-state index in [2.05, 4.69) is 63.3 Å². The molecule has 1 aromatic rings. The molecule has 0 aromatic carbocycles. The molecule has 0 saturated heterocycles. The first-order valence-corrected chi connectivity index (χ1v) is 9.32. The van der Waals surface area contributed by atoms with Gasteiger partial charge in [-0.05, 0) is 49.5 Å². The highest BCUT2D eigenvalue weighted by Crippen LogP contribution is 2.19. The van der Waals surface area contributed by atoms with E-state index in [1.165, 1.54) is 23.4 Å². The molecule has 0 aliphatic rings. The van der Waals surface area contributed by atoms with Crippen molar-refractivity contribution in [2.24, 2.45) is 0 Å². The van der Waals surface area contributed by atoms with Crippen LogP contribution in [0, 0.1) is 0 Å². The van der Waals surface area contributed by atoms with E-state index >= 15 is 0 Å². The minimum absolute atomic E-state index is 0.505. The van der Waals surface area contributed by atoms with E-state index < -0.39 is 0 Å². The van der Waals surface area contributed by atoms with Crippen molar-refractivity contribution in [2.45, 2.75) is 59.2 Å². The summed E-state index contributed by atoms with van der Waals surface area (Å²) in [5, 5.41) is 3.49. The van der Waals surface area contributed by atoms with Crippen molar-refractivity contribution in [1.29, 1.82) is 0 Å². The topological polar surface area (TPSA) is 28.2 Å². The molecule has 0 amide bonds. The quantitative estimate of drug-likeness (QED) is 0.752. The van der Waals surface area contributed by atoms with E-state index in [9.17, 15) is 0 Å². The maximum absolute atomic E-state index is 4.80. The third-order valence-electron chi connectivity index (χ3n) is 3.76. The second-order valence-corrected chi connectivity index (χ2v) is 6.94. The van der Waals surface area contributed by atoms with Crippen molar-refractivity contribution in [3.8, 4) is 0 Å². The Balaban J connectivity index is 2.86. The lowest BCUT2D eigenvalue weighted by atomic mass is 10.1. The maximum Gasteiger partial charge on any atom is 0.129 e. The average molecular weight is 310 g/mol. The maximum atomic E-state index is 4.80. The molecule has 120 valence electrons. The summed E-state index contributed by atoms with van der Waals surface area (Å²) in [5.74, 6) is 2.30. The fraction of sp³-hybridized carbons (Fsp3) is 0.706. The smallest absolute Gasteiger partial charge is 0.129 e. The number of nitrogens with zero attached hydrogens (tertiary/aromatic N) is 2. The molecule has 0 aliphatic carbocycles. The number of aryl methyl sites for hydroxylation is 1. The molecule has 0 fully saturated rings. The van der Waals surface area contributed by atoms with E-state index in [4.69, 9.17) is 4.98 Å². The van der Waals surface area contributed by atoms with Crippen LogP contribution in [0.1, 0.15) is 45.4 Å². The Morgan fingerprint density at radius 1 is 1.29 bits per heavy atom. The number of rotatable bonds is 9. The summed E-state index contributed by atoms with van der Waals surface area (Å²) >= 11 is 1.91. The van der Waals surface area contributed by atoms with Crippen LogP contribution >= 0.6 is 11.8 Å². The van der Waals surface area contributed by atoms with Gasteiger partial charge in [0.05, 0.1) is 0 Å². The van der Waals surface area contributed by atoms with Crippen molar-refractivity contribution in [1.82, 2.24) is 10.3 Å². The zero-order chi connectivity index (χ0) is 15.8. The molecule has 1 aromatic heterocycles. The Bertz CT molecular complexity index is 420. The molecule has 1 atom stereocenters. The van der Waals surface area contributed by atoms with Crippen molar-refractivity contribution >= 4 is 17.6 Å². The zero-order valence-corrected chi connectivity index (χ0v) is 15.3. The van der Waals surface area contributed by atoms with E-state index in [1.807, 2.05) is 11.8 Å². The first kappa shape index (κ1) is 18.3. The highest BCUT2D eigenvalue weighted by atomic mass is 32.2. The number of pyridine rings is 1. The van der Waals surface area contributed by atoms with Crippen LogP contribution in [-0.2, 0) is 13.0 Å². The summed E-state index contributed by atoms with van der Waals surface area (Å²) in [6, 6.07) is 5.47. The Labute approximate surface area is 134 Å². The SMILES string of the molecule is CCc1cc(CNC(C)C)cc(N(C)C(C)CCSC)n1. The Morgan fingerprint density at radius 3 is 2.57 bits per heavy atom. The second kappa shape index (κ2) is 9.31. The second-order valence-electron chi connectivity index (χ2n) is 5.96. The third-order valence-corrected chi connectivity index (χ3v) is 4.41. The van der Waals surface area contributed by atoms with Crippen LogP contribution in [0.2, 0.25) is 0 Å². The number of nitrogens with one attached hydrogen (secondary N) is 1. The number of hydrogen-bond donors (Lipinski definition) is 1. The number of anilines is 1. The highest BCUT2D eigenvalue weighted by Gasteiger charge is 2.12. The summed E-state index contributed by atoms with van der Waals surface area (Å²) < 4.78 is 0. The van der Waals surface area contributed by atoms with Crippen molar-refractivity contribution in [3.05, 3.63) is 23.4 Å². The van der Waals surface area contributed by atoms with E-state index in [-0.39, 0.29) is 0 Å². The summed E-state index contributed by atoms with van der Waals surface area (Å²) in [6.07, 6.45) is 4.34. The monoisotopic (exact) mass is 309 g/mol. The normalized spacial score (nSPS) is 12.7. The van der Waals surface area contributed by atoms with Gasteiger partial charge in [-0.1, -0.05) is 20.8 Å². The van der Waals surface area contributed by atoms with E-state index in [1.54, 1.807) is 0 Å². The van der Waals surface area contributed by atoms with Crippen LogP contribution < -0.4 is 10.2 Å². The minimum Gasteiger partial charge on any atom is -0.357 e. The molecule has 1 rings (SSSR count). The van der Waals surface area contributed by atoms with Crippen LogP contribution in [0.15, 0.2) is 12.1 Å². The lowest BCUT2D eigenvalue weighted by Gasteiger charge is -2.27. The summed E-state index contributed by atoms with van der Waals surface area (Å²) in [6.45, 7) is 9.72. The van der Waals surface area contributed by atoms with Gasteiger partial charge in [-0.15, -0.1) is 0 Å². The Kier molecular flexibility index (Phi) is 8.12. The molecular weight excluding hydrogens is 278 g/mol. The molecule has 1 unspecified atom stereocenters. The minimum atomic E-state index is 0.505. The van der Waals surface area contributed by atoms with Gasteiger partial charge in [0.2, 0.25) is 0 Å². The van der Waals surface area contributed by atoms with Crippen molar-refractivity contribution in [2.75, 3.05) is 24.0 Å². The molecule has 3 nitrogen and oxygen atoms in total. The van der Waals surface area contributed by atoms with Gasteiger partial charge in [0.1, 0.15) is 5.82 Å². The van der Waals surface area contributed by atoms with Gasteiger partial charge in [0.25, 0.3) is 0 Å². The lowest BCUT2D eigenvalue weighted by molar-refractivity contribution is 0.587. The molecular formula is C17H31N3S. The molecule has 0 bridgehead atoms. The third kappa shape index (κ3) is 6.27. The predicted molar refractivity (Wildman–Crippen MR) is 96.5 cm³/mol. The fourth-order valence-corrected chi connectivity index (χ4v) is 2.70. The molecule has 1 N–H and O–H groups in total. The largest absolute Gasteiger partial charge is 0.357 e. The highest BCUT2D eigenvalue weighted by molar-refractivity contribution is 7.98. The van der Waals surface area contributed by atoms with Gasteiger partial charge >= 0.3 is 0 Å². The van der Waals surface area contributed by atoms with Crippen molar-refractivity contribution in [3.63, 3.8) is 0 Å². The Hall–Kier alpha value is -0.740. The van der Waals surface area contributed by atoms with E-state index in [0.717, 1.165) is 18.8 Å². The molecule has 0 spiro atoms. The van der Waals surface area contributed by atoms with Crippen LogP contribution in [-0.4, -0.2) is 36.1 Å². The van der Waals surface area contributed by atoms with Gasteiger partial charge in [0, 0.05) is 31.4 Å². The average Bonchev–Trinajstić information content (AvgIpc) is 2.49. The standard InChI is InChI=1S/C17H31N3S/c1-7-16-10-15(12-18-13(2)3)11-17(19-16)20(5)14(4)8-9-21-6/h10-11,13-14,18H,7-9,12H2,1-6H3. The van der Waals surface area contributed by atoms with Crippen molar-refractivity contribution < 1.29 is 0 Å². The number of hydrogen-bond acceptors (Lipinski definition) is 4. The van der Waals surface area contributed by atoms with Gasteiger partial charge in [-0.25, -0.2) is 4.98 Å². The van der Waals surface area contributed by atoms with Crippen LogP contribution in [0.3, 0.4) is 0 Å². The molecule has 0 radical (unpaired) electrons. The number of aromatic nitrogens is 1. The van der Waals surface area contributed by atoms with E-state index in [0.29, 0.717) is 12.1 Å². The first-order valence-electron chi connectivity index (χ1n) is 7.92. The summed E-state index contributed by atoms with van der Waals surface area (Å²) in [4.78, 5) is 7.11. The van der Waals surface area contributed by atoms with Crippen LogP contribution in [0.5, 0.6) is 0 Å². The molecule has 0 saturated carbocycles. The van der Waals surface area contributed by atoms with Crippen LogP contribution in [0.25, 0.3) is 0 Å². The molecule has 21 heavy (non-hydrogen) atoms. The molecule has 0 aliphatic heterocycles.